The summed E-state index contributed by atoms with van der Waals surface area (Å²) in [6.45, 7) is 0.742. The van der Waals surface area contributed by atoms with E-state index in [1.54, 1.807) is 12.1 Å². The Morgan fingerprint density at radius 1 is 1.35 bits per heavy atom. The molecular formula is C15H20FNO2S. The Morgan fingerprint density at radius 2 is 2.05 bits per heavy atom. The number of nitrogens with zero attached hydrogens (tertiary/aromatic N) is 1. The lowest BCUT2D eigenvalue weighted by Crippen LogP contribution is -2.45. The highest BCUT2D eigenvalue weighted by Gasteiger charge is 2.28. The van der Waals surface area contributed by atoms with Gasteiger partial charge in [-0.1, -0.05) is 0 Å². The summed E-state index contributed by atoms with van der Waals surface area (Å²) in [4.78, 5) is 15.1. The molecule has 0 atom stereocenters. The quantitative estimate of drug-likeness (QED) is 0.787. The minimum atomic E-state index is -0.264. The number of thioether (sulfide) groups is 1. The maximum Gasteiger partial charge on any atom is 0.233 e. The van der Waals surface area contributed by atoms with Gasteiger partial charge in [0.1, 0.15) is 5.82 Å². The second kappa shape index (κ2) is 7.64. The lowest BCUT2D eigenvalue weighted by atomic mass is 9.91. The molecule has 0 heterocycles. The maximum absolute atomic E-state index is 12.8. The van der Waals surface area contributed by atoms with Crippen LogP contribution in [0.3, 0.4) is 0 Å². The number of aliphatic hydroxyl groups is 1. The SMILES string of the molecule is O=C(CSc1ccc(F)cc1)N(CCCO)C1CCC1. The lowest BCUT2D eigenvalue weighted by Gasteiger charge is -2.37. The molecule has 0 spiro atoms. The smallest absolute Gasteiger partial charge is 0.233 e. The Bertz CT molecular complexity index is 434. The fourth-order valence-electron chi connectivity index (χ4n) is 2.21. The fourth-order valence-corrected chi connectivity index (χ4v) is 2.99. The van der Waals surface area contributed by atoms with Crippen molar-refractivity contribution >= 4 is 17.7 Å². The normalized spacial score (nSPS) is 14.9. The molecule has 1 fully saturated rings. The number of hydrogen-bond donors (Lipinski definition) is 1. The number of halogens is 1. The van der Waals surface area contributed by atoms with Crippen molar-refractivity contribution in [3.8, 4) is 0 Å². The first-order chi connectivity index (χ1) is 9.70. The average Bonchev–Trinajstić information content (AvgIpc) is 2.40. The van der Waals surface area contributed by atoms with Crippen LogP contribution in [0.2, 0.25) is 0 Å². The van der Waals surface area contributed by atoms with Crippen LogP contribution in [0.4, 0.5) is 4.39 Å². The summed E-state index contributed by atoms with van der Waals surface area (Å²) in [5.41, 5.74) is 0. The summed E-state index contributed by atoms with van der Waals surface area (Å²) in [6, 6.07) is 6.54. The molecule has 1 aromatic carbocycles. The van der Waals surface area contributed by atoms with Gasteiger partial charge >= 0.3 is 0 Å². The molecule has 1 aromatic rings. The van der Waals surface area contributed by atoms with Gasteiger partial charge in [-0.3, -0.25) is 4.79 Å². The molecule has 0 bridgehead atoms. The molecule has 0 aromatic heterocycles. The van der Waals surface area contributed by atoms with Crippen molar-refractivity contribution in [3.05, 3.63) is 30.1 Å². The monoisotopic (exact) mass is 297 g/mol. The molecule has 3 nitrogen and oxygen atoms in total. The van der Waals surface area contributed by atoms with Gasteiger partial charge in [-0.25, -0.2) is 4.39 Å². The molecule has 1 amide bonds. The first kappa shape index (κ1) is 15.3. The van der Waals surface area contributed by atoms with Gasteiger partial charge in [0.15, 0.2) is 0 Å². The summed E-state index contributed by atoms with van der Waals surface area (Å²) in [5, 5.41) is 8.92. The summed E-state index contributed by atoms with van der Waals surface area (Å²) in [5.74, 6) is 0.213. The Hall–Kier alpha value is -1.07. The van der Waals surface area contributed by atoms with Crippen molar-refractivity contribution in [1.29, 1.82) is 0 Å². The van der Waals surface area contributed by atoms with Crippen LogP contribution in [-0.4, -0.2) is 40.9 Å². The molecule has 1 N–H and O–H groups in total. The van der Waals surface area contributed by atoms with E-state index < -0.39 is 0 Å². The van der Waals surface area contributed by atoms with E-state index in [1.165, 1.54) is 30.3 Å². The Labute approximate surface area is 123 Å². The molecule has 20 heavy (non-hydrogen) atoms. The Balaban J connectivity index is 1.85. The summed E-state index contributed by atoms with van der Waals surface area (Å²) < 4.78 is 12.8. The maximum atomic E-state index is 12.8. The highest BCUT2D eigenvalue weighted by Crippen LogP contribution is 2.26. The number of carbonyl (C=O) groups is 1. The van der Waals surface area contributed by atoms with Crippen molar-refractivity contribution in [2.24, 2.45) is 0 Å². The molecule has 110 valence electrons. The number of carbonyl (C=O) groups excluding carboxylic acids is 1. The van der Waals surface area contributed by atoms with E-state index in [2.05, 4.69) is 0 Å². The minimum absolute atomic E-state index is 0.109. The molecule has 0 unspecified atom stereocenters. The third-order valence-electron chi connectivity index (χ3n) is 3.57. The van der Waals surface area contributed by atoms with Gasteiger partial charge in [-0.05, 0) is 49.9 Å². The van der Waals surface area contributed by atoms with Gasteiger partial charge in [0.05, 0.1) is 5.75 Å². The predicted molar refractivity (Wildman–Crippen MR) is 78.2 cm³/mol. The zero-order valence-electron chi connectivity index (χ0n) is 11.4. The van der Waals surface area contributed by atoms with Crippen molar-refractivity contribution < 1.29 is 14.3 Å². The first-order valence-electron chi connectivity index (χ1n) is 6.99. The molecule has 5 heteroatoms. The third kappa shape index (κ3) is 4.21. The highest BCUT2D eigenvalue weighted by molar-refractivity contribution is 8.00. The van der Waals surface area contributed by atoms with Crippen molar-refractivity contribution in [2.45, 2.75) is 36.6 Å². The topological polar surface area (TPSA) is 40.5 Å². The summed E-state index contributed by atoms with van der Waals surface area (Å²) >= 11 is 1.43. The molecule has 0 saturated heterocycles. The number of hydrogen-bond acceptors (Lipinski definition) is 3. The van der Waals surface area contributed by atoms with Gasteiger partial charge in [-0.2, -0.15) is 0 Å². The van der Waals surface area contributed by atoms with Gasteiger partial charge in [-0.15, -0.1) is 11.8 Å². The number of amides is 1. The lowest BCUT2D eigenvalue weighted by molar-refractivity contribution is -0.132. The van der Waals surface area contributed by atoms with Crippen LogP contribution in [0.5, 0.6) is 0 Å². The van der Waals surface area contributed by atoms with Crippen LogP contribution in [0.1, 0.15) is 25.7 Å². The van der Waals surface area contributed by atoms with E-state index in [4.69, 9.17) is 5.11 Å². The predicted octanol–water partition coefficient (Wildman–Crippen LogP) is 2.68. The van der Waals surface area contributed by atoms with Gasteiger partial charge in [0.2, 0.25) is 5.91 Å². The molecule has 2 rings (SSSR count). The Kier molecular flexibility index (Phi) is 5.86. The third-order valence-corrected chi connectivity index (χ3v) is 4.57. The number of benzene rings is 1. The van der Waals surface area contributed by atoms with Crippen LogP contribution in [0.15, 0.2) is 29.2 Å². The molecule has 1 aliphatic rings. The van der Waals surface area contributed by atoms with Crippen LogP contribution < -0.4 is 0 Å². The Morgan fingerprint density at radius 3 is 2.60 bits per heavy atom. The van der Waals surface area contributed by atoms with Crippen molar-refractivity contribution in [2.75, 3.05) is 18.9 Å². The van der Waals surface area contributed by atoms with Gasteiger partial charge in [0, 0.05) is 24.1 Å². The van der Waals surface area contributed by atoms with E-state index in [1.807, 2.05) is 4.90 Å². The van der Waals surface area contributed by atoms with E-state index in [9.17, 15) is 9.18 Å². The van der Waals surface area contributed by atoms with Crippen LogP contribution in [0.25, 0.3) is 0 Å². The van der Waals surface area contributed by atoms with Crippen LogP contribution in [0, 0.1) is 5.82 Å². The molecule has 0 radical (unpaired) electrons. The molecular weight excluding hydrogens is 277 g/mol. The molecule has 0 aliphatic heterocycles. The van der Waals surface area contributed by atoms with E-state index in [0.29, 0.717) is 24.8 Å². The van der Waals surface area contributed by atoms with Gasteiger partial charge < -0.3 is 10.0 Å². The van der Waals surface area contributed by atoms with Crippen molar-refractivity contribution in [3.63, 3.8) is 0 Å². The standard InChI is InChI=1S/C15H20FNO2S/c16-12-5-7-14(8-6-12)20-11-15(19)17(9-2-10-18)13-3-1-4-13/h5-8,13,18H,1-4,9-11H2. The highest BCUT2D eigenvalue weighted by atomic mass is 32.2. The van der Waals surface area contributed by atoms with E-state index in [-0.39, 0.29) is 18.3 Å². The largest absolute Gasteiger partial charge is 0.396 e. The fraction of sp³-hybridized carbons (Fsp3) is 0.533. The van der Waals surface area contributed by atoms with E-state index in [0.717, 1.165) is 17.7 Å². The number of aliphatic hydroxyl groups excluding tert-OH is 1. The van der Waals surface area contributed by atoms with Crippen molar-refractivity contribution in [1.82, 2.24) is 4.90 Å². The molecule has 1 aliphatic carbocycles. The van der Waals surface area contributed by atoms with Gasteiger partial charge in [0.25, 0.3) is 0 Å². The first-order valence-corrected chi connectivity index (χ1v) is 7.98. The summed E-state index contributed by atoms with van der Waals surface area (Å²) in [7, 11) is 0. The molecule has 1 saturated carbocycles. The zero-order chi connectivity index (χ0) is 14.4. The second-order valence-electron chi connectivity index (χ2n) is 4.99. The number of rotatable bonds is 7. The average molecular weight is 297 g/mol. The van der Waals surface area contributed by atoms with Crippen LogP contribution >= 0.6 is 11.8 Å². The minimum Gasteiger partial charge on any atom is -0.396 e. The van der Waals surface area contributed by atoms with E-state index >= 15 is 0 Å². The van der Waals surface area contributed by atoms with Crippen LogP contribution in [-0.2, 0) is 4.79 Å². The summed E-state index contributed by atoms with van der Waals surface area (Å²) in [6.07, 6.45) is 3.94. The zero-order valence-corrected chi connectivity index (χ0v) is 12.2. The second-order valence-corrected chi connectivity index (χ2v) is 6.04.